The summed E-state index contributed by atoms with van der Waals surface area (Å²) in [4.78, 5) is 12.0. The highest BCUT2D eigenvalue weighted by Gasteiger charge is 2.27. The summed E-state index contributed by atoms with van der Waals surface area (Å²) >= 11 is 0. The van der Waals surface area contributed by atoms with Crippen molar-refractivity contribution >= 4 is 5.91 Å². The first kappa shape index (κ1) is 14.0. The van der Waals surface area contributed by atoms with Gasteiger partial charge in [0.05, 0.1) is 5.56 Å². The molecule has 3 nitrogen and oxygen atoms in total. The second-order valence-corrected chi connectivity index (χ2v) is 5.73. The number of carbonyl (C=O) groups excluding carboxylic acids is 1. The Bertz CT molecular complexity index is 467. The van der Waals surface area contributed by atoms with Crippen LogP contribution < -0.4 is 10.6 Å². The summed E-state index contributed by atoms with van der Waals surface area (Å²) in [5.74, 6) is -0.778. The summed E-state index contributed by atoms with van der Waals surface area (Å²) in [6.45, 7) is 6.57. The lowest BCUT2D eigenvalue weighted by molar-refractivity contribution is 0.0918. The Labute approximate surface area is 113 Å². The van der Waals surface area contributed by atoms with Crippen molar-refractivity contribution in [2.24, 2.45) is 5.41 Å². The van der Waals surface area contributed by atoms with Crippen LogP contribution in [0.1, 0.15) is 35.7 Å². The molecule has 0 bridgehead atoms. The molecule has 19 heavy (non-hydrogen) atoms. The van der Waals surface area contributed by atoms with Gasteiger partial charge in [-0.3, -0.25) is 4.79 Å². The number of halogens is 1. The van der Waals surface area contributed by atoms with E-state index in [9.17, 15) is 9.18 Å². The van der Waals surface area contributed by atoms with Crippen molar-refractivity contribution in [2.45, 2.75) is 26.7 Å². The van der Waals surface area contributed by atoms with Gasteiger partial charge in [0.25, 0.3) is 5.91 Å². The van der Waals surface area contributed by atoms with Gasteiger partial charge in [0.15, 0.2) is 0 Å². The highest BCUT2D eigenvalue weighted by molar-refractivity contribution is 5.94. The van der Waals surface area contributed by atoms with E-state index in [1.54, 1.807) is 12.1 Å². The van der Waals surface area contributed by atoms with Crippen molar-refractivity contribution in [1.82, 2.24) is 10.6 Å². The predicted octanol–water partition coefficient (Wildman–Crippen LogP) is 2.25. The SMILES string of the molecule is Cc1ccc(F)c(C(=O)NCC2(C)CCNCC2)c1. The molecule has 1 heterocycles. The lowest BCUT2D eigenvalue weighted by Gasteiger charge is -2.34. The van der Waals surface area contributed by atoms with E-state index < -0.39 is 5.82 Å². The predicted molar refractivity (Wildman–Crippen MR) is 73.7 cm³/mol. The number of aryl methyl sites for hydroxylation is 1. The molecule has 0 aromatic heterocycles. The molecule has 1 aromatic carbocycles. The maximum absolute atomic E-state index is 13.6. The molecule has 0 unspecified atom stereocenters. The van der Waals surface area contributed by atoms with E-state index in [-0.39, 0.29) is 16.9 Å². The van der Waals surface area contributed by atoms with Gasteiger partial charge >= 0.3 is 0 Å². The third-order valence-corrected chi connectivity index (χ3v) is 3.85. The minimum Gasteiger partial charge on any atom is -0.351 e. The third-order valence-electron chi connectivity index (χ3n) is 3.85. The average molecular weight is 264 g/mol. The maximum atomic E-state index is 13.6. The van der Waals surface area contributed by atoms with Crippen molar-refractivity contribution in [3.8, 4) is 0 Å². The standard InChI is InChI=1S/C15H21FN2O/c1-11-3-4-13(16)12(9-11)14(19)18-10-15(2)5-7-17-8-6-15/h3-4,9,17H,5-8,10H2,1-2H3,(H,18,19). The normalized spacial score (nSPS) is 18.1. The molecular formula is C15H21FN2O. The second-order valence-electron chi connectivity index (χ2n) is 5.73. The van der Waals surface area contributed by atoms with E-state index in [1.807, 2.05) is 6.92 Å². The van der Waals surface area contributed by atoms with E-state index >= 15 is 0 Å². The van der Waals surface area contributed by atoms with Gasteiger partial charge in [-0.15, -0.1) is 0 Å². The van der Waals surface area contributed by atoms with Crippen molar-refractivity contribution in [3.05, 3.63) is 35.1 Å². The fourth-order valence-corrected chi connectivity index (χ4v) is 2.41. The van der Waals surface area contributed by atoms with Gasteiger partial charge in [0, 0.05) is 6.54 Å². The van der Waals surface area contributed by atoms with Gasteiger partial charge in [-0.2, -0.15) is 0 Å². The van der Waals surface area contributed by atoms with Crippen LogP contribution in [0.15, 0.2) is 18.2 Å². The van der Waals surface area contributed by atoms with Crippen LogP contribution in [0.4, 0.5) is 4.39 Å². The molecule has 0 spiro atoms. The molecule has 0 radical (unpaired) electrons. The molecule has 0 saturated carbocycles. The second kappa shape index (κ2) is 5.70. The average Bonchev–Trinajstić information content (AvgIpc) is 2.40. The van der Waals surface area contributed by atoms with E-state index in [0.29, 0.717) is 6.54 Å². The highest BCUT2D eigenvalue weighted by Crippen LogP contribution is 2.26. The first-order chi connectivity index (χ1) is 9.00. The molecule has 1 aliphatic heterocycles. The van der Waals surface area contributed by atoms with Crippen LogP contribution in [0.3, 0.4) is 0 Å². The zero-order valence-corrected chi connectivity index (χ0v) is 11.6. The molecule has 0 atom stereocenters. The zero-order valence-electron chi connectivity index (χ0n) is 11.6. The van der Waals surface area contributed by atoms with Crippen molar-refractivity contribution < 1.29 is 9.18 Å². The molecule has 1 aromatic rings. The number of hydrogen-bond donors (Lipinski definition) is 2. The van der Waals surface area contributed by atoms with Crippen molar-refractivity contribution in [2.75, 3.05) is 19.6 Å². The monoisotopic (exact) mass is 264 g/mol. The quantitative estimate of drug-likeness (QED) is 0.879. The first-order valence-corrected chi connectivity index (χ1v) is 6.75. The van der Waals surface area contributed by atoms with Crippen LogP contribution in [0.25, 0.3) is 0 Å². The third kappa shape index (κ3) is 3.53. The first-order valence-electron chi connectivity index (χ1n) is 6.75. The van der Waals surface area contributed by atoms with Crippen LogP contribution in [0.2, 0.25) is 0 Å². The molecule has 2 rings (SSSR count). The van der Waals surface area contributed by atoms with Crippen molar-refractivity contribution in [1.29, 1.82) is 0 Å². The Balaban J connectivity index is 1.99. The molecule has 104 valence electrons. The smallest absolute Gasteiger partial charge is 0.254 e. The number of piperidine rings is 1. The number of benzene rings is 1. The molecule has 4 heteroatoms. The number of amides is 1. The lowest BCUT2D eigenvalue weighted by atomic mass is 9.81. The fourth-order valence-electron chi connectivity index (χ4n) is 2.41. The minimum absolute atomic E-state index is 0.112. The summed E-state index contributed by atoms with van der Waals surface area (Å²) in [5.41, 5.74) is 1.14. The van der Waals surface area contributed by atoms with E-state index in [2.05, 4.69) is 17.6 Å². The van der Waals surface area contributed by atoms with Gasteiger partial charge in [-0.05, 0) is 50.4 Å². The van der Waals surface area contributed by atoms with E-state index in [0.717, 1.165) is 31.5 Å². The highest BCUT2D eigenvalue weighted by atomic mass is 19.1. The summed E-state index contributed by atoms with van der Waals surface area (Å²) < 4.78 is 13.6. The van der Waals surface area contributed by atoms with Gasteiger partial charge in [0.2, 0.25) is 0 Å². The van der Waals surface area contributed by atoms with Crippen LogP contribution in [0, 0.1) is 18.2 Å². The Kier molecular flexibility index (Phi) is 4.20. The molecule has 1 saturated heterocycles. The summed E-state index contributed by atoms with van der Waals surface area (Å²) in [5, 5.41) is 6.17. The number of carbonyl (C=O) groups is 1. The van der Waals surface area contributed by atoms with Crippen LogP contribution in [-0.4, -0.2) is 25.5 Å². The fraction of sp³-hybridized carbons (Fsp3) is 0.533. The topological polar surface area (TPSA) is 41.1 Å². The van der Waals surface area contributed by atoms with E-state index in [4.69, 9.17) is 0 Å². The molecule has 1 fully saturated rings. The number of rotatable bonds is 3. The number of nitrogens with one attached hydrogen (secondary N) is 2. The maximum Gasteiger partial charge on any atom is 0.254 e. The largest absolute Gasteiger partial charge is 0.351 e. The molecule has 1 amide bonds. The Morgan fingerprint density at radius 1 is 1.42 bits per heavy atom. The van der Waals surface area contributed by atoms with Crippen molar-refractivity contribution in [3.63, 3.8) is 0 Å². The molecule has 2 N–H and O–H groups in total. The van der Waals surface area contributed by atoms with Gasteiger partial charge in [0.1, 0.15) is 5.82 Å². The molecule has 0 aliphatic carbocycles. The summed E-state index contributed by atoms with van der Waals surface area (Å²) in [7, 11) is 0. The number of hydrogen-bond acceptors (Lipinski definition) is 2. The Morgan fingerprint density at radius 3 is 2.79 bits per heavy atom. The molecule has 1 aliphatic rings. The van der Waals surface area contributed by atoms with Crippen LogP contribution in [0.5, 0.6) is 0 Å². The van der Waals surface area contributed by atoms with Crippen LogP contribution >= 0.6 is 0 Å². The molecular weight excluding hydrogens is 243 g/mol. The Hall–Kier alpha value is -1.42. The zero-order chi connectivity index (χ0) is 13.9. The van der Waals surface area contributed by atoms with Crippen LogP contribution in [-0.2, 0) is 0 Å². The lowest BCUT2D eigenvalue weighted by Crippen LogP contribution is -2.43. The summed E-state index contributed by atoms with van der Waals surface area (Å²) in [6.07, 6.45) is 2.06. The minimum atomic E-state index is -0.460. The van der Waals surface area contributed by atoms with E-state index in [1.165, 1.54) is 6.07 Å². The van der Waals surface area contributed by atoms with Gasteiger partial charge in [-0.25, -0.2) is 4.39 Å². The summed E-state index contributed by atoms with van der Waals surface area (Å²) in [6, 6.07) is 4.60. The Morgan fingerprint density at radius 2 is 2.11 bits per heavy atom. The van der Waals surface area contributed by atoms with Gasteiger partial charge < -0.3 is 10.6 Å². The van der Waals surface area contributed by atoms with Gasteiger partial charge in [-0.1, -0.05) is 18.6 Å².